The Kier molecular flexibility index (Phi) is 7.59. The molecule has 0 aromatic heterocycles. The van der Waals surface area contributed by atoms with Crippen molar-refractivity contribution < 1.29 is 19.1 Å². The van der Waals surface area contributed by atoms with E-state index in [1.165, 1.54) is 6.42 Å². The Hall–Kier alpha value is -3.80. The molecule has 2 N–H and O–H groups in total. The lowest BCUT2D eigenvalue weighted by atomic mass is 9.96. The molecule has 1 saturated carbocycles. The zero-order valence-corrected chi connectivity index (χ0v) is 18.5. The minimum absolute atomic E-state index is 0.193. The van der Waals surface area contributed by atoms with Gasteiger partial charge in [-0.3, -0.25) is 5.32 Å². The lowest BCUT2D eigenvalue weighted by molar-refractivity contribution is 0.155. The van der Waals surface area contributed by atoms with Crippen LogP contribution in [0.15, 0.2) is 78.9 Å². The first kappa shape index (κ1) is 22.4. The molecule has 0 spiro atoms. The number of anilines is 1. The highest BCUT2D eigenvalue weighted by molar-refractivity contribution is 5.86. The van der Waals surface area contributed by atoms with Crippen molar-refractivity contribution in [3.63, 3.8) is 0 Å². The second kappa shape index (κ2) is 11.2. The summed E-state index contributed by atoms with van der Waals surface area (Å²) in [6.07, 6.45) is 4.58. The first-order chi connectivity index (χ1) is 16.2. The van der Waals surface area contributed by atoms with Gasteiger partial charge in [0.15, 0.2) is 0 Å². The molecular weight excluding hydrogens is 416 g/mol. The highest BCUT2D eigenvalue weighted by atomic mass is 16.6. The molecule has 1 aliphatic carbocycles. The second-order valence-electron chi connectivity index (χ2n) is 8.16. The Labute approximate surface area is 193 Å². The number of amides is 2. The minimum Gasteiger partial charge on any atom is -0.444 e. The quantitative estimate of drug-likeness (QED) is 0.454. The van der Waals surface area contributed by atoms with Crippen molar-refractivity contribution in [1.82, 2.24) is 5.32 Å². The van der Waals surface area contributed by atoms with Crippen molar-refractivity contribution >= 4 is 17.9 Å². The summed E-state index contributed by atoms with van der Waals surface area (Å²) in [5.41, 5.74) is 3.30. The first-order valence-electron chi connectivity index (χ1n) is 11.3. The van der Waals surface area contributed by atoms with Crippen molar-refractivity contribution in [3.8, 4) is 16.9 Å². The molecule has 6 heteroatoms. The van der Waals surface area contributed by atoms with Crippen LogP contribution in [-0.2, 0) is 11.3 Å². The molecule has 0 heterocycles. The van der Waals surface area contributed by atoms with Gasteiger partial charge in [0, 0.05) is 11.7 Å². The molecular formula is C27H28N2O4. The summed E-state index contributed by atoms with van der Waals surface area (Å²) in [4.78, 5) is 24.4. The van der Waals surface area contributed by atoms with Gasteiger partial charge >= 0.3 is 12.2 Å². The summed E-state index contributed by atoms with van der Waals surface area (Å²) in [5, 5.41) is 5.72. The van der Waals surface area contributed by atoms with E-state index in [1.807, 2.05) is 66.7 Å². The predicted molar refractivity (Wildman–Crippen MR) is 128 cm³/mol. The molecule has 3 aromatic rings. The molecule has 170 valence electrons. The Balaban J connectivity index is 1.35. The maximum atomic E-state index is 12.3. The first-order valence-corrected chi connectivity index (χ1v) is 11.3. The molecule has 1 aliphatic rings. The molecule has 6 nitrogen and oxygen atoms in total. The number of carbonyl (C=O) groups excluding carboxylic acids is 2. The topological polar surface area (TPSA) is 76.7 Å². The van der Waals surface area contributed by atoms with Crippen molar-refractivity contribution in [2.24, 2.45) is 0 Å². The summed E-state index contributed by atoms with van der Waals surface area (Å²) >= 11 is 0. The number of rotatable bonds is 6. The molecule has 4 rings (SSSR count). The van der Waals surface area contributed by atoms with Crippen LogP contribution < -0.4 is 15.4 Å². The lowest BCUT2D eigenvalue weighted by Gasteiger charge is -2.22. The number of hydrogen-bond acceptors (Lipinski definition) is 4. The van der Waals surface area contributed by atoms with Gasteiger partial charge in [-0.2, -0.15) is 0 Å². The number of nitrogens with one attached hydrogen (secondary N) is 2. The SMILES string of the molecule is O=C(Nc1cccc(-c2cccc(OC(=O)NC3CCCCC3)c2)c1)OCc1ccccc1. The van der Waals surface area contributed by atoms with Crippen molar-refractivity contribution in [3.05, 3.63) is 84.4 Å². The molecule has 0 radical (unpaired) electrons. The number of benzene rings is 3. The van der Waals surface area contributed by atoms with Crippen LogP contribution in [-0.4, -0.2) is 18.2 Å². The fourth-order valence-corrected chi connectivity index (χ4v) is 3.94. The highest BCUT2D eigenvalue weighted by Gasteiger charge is 2.17. The Morgan fingerprint density at radius 2 is 1.52 bits per heavy atom. The standard InChI is InChI=1S/C27H28N2O4/c30-26(32-19-20-9-3-1-4-10-20)29-24-15-7-11-21(17-24)22-12-8-16-25(18-22)33-27(31)28-23-13-5-2-6-14-23/h1,3-4,7-12,15-18,23H,2,5-6,13-14,19H2,(H,28,31)(H,29,30). The average Bonchev–Trinajstić information content (AvgIpc) is 2.84. The summed E-state index contributed by atoms with van der Waals surface area (Å²) in [6.45, 7) is 0.203. The molecule has 3 aromatic carbocycles. The Bertz CT molecular complexity index is 1080. The fourth-order valence-electron chi connectivity index (χ4n) is 3.94. The van der Waals surface area contributed by atoms with Gasteiger partial charge in [0.25, 0.3) is 0 Å². The third-order valence-electron chi connectivity index (χ3n) is 5.63. The predicted octanol–water partition coefficient (Wildman–Crippen LogP) is 6.52. The highest BCUT2D eigenvalue weighted by Crippen LogP contribution is 2.26. The van der Waals surface area contributed by atoms with Gasteiger partial charge in [-0.15, -0.1) is 0 Å². The maximum Gasteiger partial charge on any atom is 0.412 e. The zero-order valence-electron chi connectivity index (χ0n) is 18.5. The molecule has 0 saturated heterocycles. The van der Waals surface area contributed by atoms with E-state index < -0.39 is 12.2 Å². The van der Waals surface area contributed by atoms with E-state index in [0.717, 1.165) is 42.4 Å². The second-order valence-corrected chi connectivity index (χ2v) is 8.16. The summed E-state index contributed by atoms with van der Waals surface area (Å²) < 4.78 is 10.8. The lowest BCUT2D eigenvalue weighted by Crippen LogP contribution is -2.37. The van der Waals surface area contributed by atoms with Crippen LogP contribution in [0.1, 0.15) is 37.7 Å². The van der Waals surface area contributed by atoms with E-state index in [2.05, 4.69) is 10.6 Å². The van der Waals surface area contributed by atoms with Crippen LogP contribution in [0.4, 0.5) is 15.3 Å². The summed E-state index contributed by atoms with van der Waals surface area (Å²) in [5.74, 6) is 0.474. The molecule has 0 atom stereocenters. The molecule has 33 heavy (non-hydrogen) atoms. The Morgan fingerprint density at radius 1 is 0.788 bits per heavy atom. The van der Waals surface area contributed by atoms with Crippen LogP contribution in [0.25, 0.3) is 11.1 Å². The van der Waals surface area contributed by atoms with Gasteiger partial charge in [0.2, 0.25) is 0 Å². The van der Waals surface area contributed by atoms with Gasteiger partial charge in [-0.1, -0.05) is 73.9 Å². The zero-order chi connectivity index (χ0) is 22.9. The van der Waals surface area contributed by atoms with E-state index in [0.29, 0.717) is 11.4 Å². The van der Waals surface area contributed by atoms with Gasteiger partial charge in [-0.05, 0) is 53.8 Å². The minimum atomic E-state index is -0.521. The molecule has 0 aliphatic heterocycles. The van der Waals surface area contributed by atoms with Crippen molar-refractivity contribution in [2.75, 3.05) is 5.32 Å². The van der Waals surface area contributed by atoms with Crippen LogP contribution in [0.5, 0.6) is 5.75 Å². The fraction of sp³-hybridized carbons (Fsp3) is 0.259. The summed E-state index contributed by atoms with van der Waals surface area (Å²) in [6, 6.07) is 24.5. The number of ether oxygens (including phenoxy) is 2. The van der Waals surface area contributed by atoms with Gasteiger partial charge in [-0.25, -0.2) is 9.59 Å². The van der Waals surface area contributed by atoms with Gasteiger partial charge in [0.1, 0.15) is 12.4 Å². The summed E-state index contributed by atoms with van der Waals surface area (Å²) in [7, 11) is 0. The van der Waals surface area contributed by atoms with Crippen LogP contribution in [0, 0.1) is 0 Å². The molecule has 2 amide bonds. The molecule has 0 unspecified atom stereocenters. The van der Waals surface area contributed by atoms with Gasteiger partial charge in [0.05, 0.1) is 0 Å². The number of carbonyl (C=O) groups is 2. The smallest absolute Gasteiger partial charge is 0.412 e. The molecule has 1 fully saturated rings. The van der Waals surface area contributed by atoms with Crippen LogP contribution in [0.2, 0.25) is 0 Å². The van der Waals surface area contributed by atoms with Crippen LogP contribution in [0.3, 0.4) is 0 Å². The third kappa shape index (κ3) is 6.84. The third-order valence-corrected chi connectivity index (χ3v) is 5.63. The largest absolute Gasteiger partial charge is 0.444 e. The number of hydrogen-bond donors (Lipinski definition) is 2. The van der Waals surface area contributed by atoms with Crippen LogP contribution >= 0.6 is 0 Å². The average molecular weight is 445 g/mol. The van der Waals surface area contributed by atoms with Crippen molar-refractivity contribution in [2.45, 2.75) is 44.8 Å². The van der Waals surface area contributed by atoms with E-state index in [1.54, 1.807) is 12.1 Å². The van der Waals surface area contributed by atoms with E-state index in [-0.39, 0.29) is 12.6 Å². The van der Waals surface area contributed by atoms with E-state index in [4.69, 9.17) is 9.47 Å². The Morgan fingerprint density at radius 3 is 2.30 bits per heavy atom. The monoisotopic (exact) mass is 444 g/mol. The molecule has 0 bridgehead atoms. The van der Waals surface area contributed by atoms with E-state index >= 15 is 0 Å². The normalized spacial score (nSPS) is 13.7. The van der Waals surface area contributed by atoms with Crippen molar-refractivity contribution in [1.29, 1.82) is 0 Å². The van der Waals surface area contributed by atoms with E-state index in [9.17, 15) is 9.59 Å². The maximum absolute atomic E-state index is 12.3. The van der Waals surface area contributed by atoms with Gasteiger partial charge < -0.3 is 14.8 Å².